The molecule has 2 heterocycles. The summed E-state index contributed by atoms with van der Waals surface area (Å²) in [5, 5.41) is 9.43. The van der Waals surface area contributed by atoms with E-state index in [9.17, 15) is 9.59 Å². The number of benzene rings is 1. The molecule has 0 bridgehead atoms. The smallest absolute Gasteiger partial charge is 0.239 e. The third-order valence-electron chi connectivity index (χ3n) is 4.57. The Balaban J connectivity index is 1.49. The van der Waals surface area contributed by atoms with Crippen LogP contribution in [0.25, 0.3) is 0 Å². The molecule has 0 atom stereocenters. The highest BCUT2D eigenvalue weighted by atomic mass is 32.2. The van der Waals surface area contributed by atoms with Crippen LogP contribution >= 0.6 is 11.8 Å². The molecule has 130 valence electrons. The van der Waals surface area contributed by atoms with Gasteiger partial charge in [0.15, 0.2) is 5.16 Å². The van der Waals surface area contributed by atoms with E-state index < -0.39 is 0 Å². The van der Waals surface area contributed by atoms with Crippen LogP contribution in [0.3, 0.4) is 0 Å². The first-order chi connectivity index (χ1) is 12.2. The first-order valence-corrected chi connectivity index (χ1v) is 9.64. The number of likely N-dealkylation sites (tertiary alicyclic amines) is 1. The fourth-order valence-corrected chi connectivity index (χ4v) is 3.90. The SMILES string of the molecule is O=C1CCCN1C(=O)CSc1nnc(C2CC2)n1Cc1ccccc1. The minimum absolute atomic E-state index is 0.0602. The Hall–Kier alpha value is -2.15. The molecule has 1 aromatic carbocycles. The van der Waals surface area contributed by atoms with Crippen molar-refractivity contribution in [2.75, 3.05) is 12.3 Å². The Morgan fingerprint density at radius 1 is 1.20 bits per heavy atom. The fraction of sp³-hybridized carbons (Fsp3) is 0.444. The van der Waals surface area contributed by atoms with Crippen molar-refractivity contribution >= 4 is 23.6 Å². The summed E-state index contributed by atoms with van der Waals surface area (Å²) in [6.07, 6.45) is 3.55. The summed E-state index contributed by atoms with van der Waals surface area (Å²) in [5.74, 6) is 1.53. The molecule has 1 aromatic heterocycles. The number of carbonyl (C=O) groups excluding carboxylic acids is 2. The second-order valence-electron chi connectivity index (χ2n) is 6.52. The van der Waals surface area contributed by atoms with Crippen molar-refractivity contribution in [2.24, 2.45) is 0 Å². The zero-order valence-electron chi connectivity index (χ0n) is 13.9. The lowest BCUT2D eigenvalue weighted by Gasteiger charge is -2.13. The van der Waals surface area contributed by atoms with Gasteiger partial charge >= 0.3 is 0 Å². The Bertz CT molecular complexity index is 786. The van der Waals surface area contributed by atoms with Crippen molar-refractivity contribution < 1.29 is 9.59 Å². The summed E-state index contributed by atoms with van der Waals surface area (Å²) in [7, 11) is 0. The van der Waals surface area contributed by atoms with E-state index in [1.807, 2.05) is 18.2 Å². The molecule has 0 N–H and O–H groups in total. The van der Waals surface area contributed by atoms with Gasteiger partial charge in [0.2, 0.25) is 11.8 Å². The highest BCUT2D eigenvalue weighted by molar-refractivity contribution is 7.99. The number of rotatable bonds is 6. The van der Waals surface area contributed by atoms with Crippen LogP contribution in [0.5, 0.6) is 0 Å². The third kappa shape index (κ3) is 3.61. The van der Waals surface area contributed by atoms with Crippen LogP contribution in [-0.2, 0) is 16.1 Å². The Labute approximate surface area is 150 Å². The highest BCUT2D eigenvalue weighted by Gasteiger charge is 2.31. The lowest BCUT2D eigenvalue weighted by Crippen LogP contribution is -2.33. The van der Waals surface area contributed by atoms with E-state index in [4.69, 9.17) is 0 Å². The van der Waals surface area contributed by atoms with Crippen LogP contribution in [0, 0.1) is 0 Å². The van der Waals surface area contributed by atoms with E-state index in [0.29, 0.717) is 25.4 Å². The topological polar surface area (TPSA) is 68.1 Å². The summed E-state index contributed by atoms with van der Waals surface area (Å²) in [4.78, 5) is 25.3. The van der Waals surface area contributed by atoms with E-state index in [1.165, 1.54) is 22.2 Å². The van der Waals surface area contributed by atoms with Crippen molar-refractivity contribution in [1.82, 2.24) is 19.7 Å². The molecule has 7 heteroatoms. The second-order valence-corrected chi connectivity index (χ2v) is 7.46. The van der Waals surface area contributed by atoms with Gasteiger partial charge in [0.1, 0.15) is 5.82 Å². The highest BCUT2D eigenvalue weighted by Crippen LogP contribution is 2.40. The quantitative estimate of drug-likeness (QED) is 0.744. The monoisotopic (exact) mass is 356 g/mol. The van der Waals surface area contributed by atoms with Crippen LogP contribution < -0.4 is 0 Å². The van der Waals surface area contributed by atoms with Gasteiger partial charge < -0.3 is 4.57 Å². The average Bonchev–Trinajstić information content (AvgIpc) is 3.26. The molecule has 2 aliphatic rings. The van der Waals surface area contributed by atoms with Crippen LogP contribution in [0.4, 0.5) is 0 Å². The van der Waals surface area contributed by atoms with Crippen molar-refractivity contribution in [1.29, 1.82) is 0 Å². The van der Waals surface area contributed by atoms with Gasteiger partial charge in [0.25, 0.3) is 0 Å². The van der Waals surface area contributed by atoms with Crippen LogP contribution in [0.1, 0.15) is 43.0 Å². The summed E-state index contributed by atoms with van der Waals surface area (Å²) in [6.45, 7) is 1.25. The lowest BCUT2D eigenvalue weighted by atomic mass is 10.2. The molecule has 1 aliphatic carbocycles. The van der Waals surface area contributed by atoms with Gasteiger partial charge in [0, 0.05) is 18.9 Å². The van der Waals surface area contributed by atoms with Gasteiger partial charge in [-0.2, -0.15) is 0 Å². The maximum Gasteiger partial charge on any atom is 0.239 e. The molecule has 2 amide bonds. The van der Waals surface area contributed by atoms with Crippen molar-refractivity contribution in [2.45, 2.75) is 43.3 Å². The van der Waals surface area contributed by atoms with E-state index in [1.54, 1.807) is 0 Å². The number of nitrogens with zero attached hydrogens (tertiary/aromatic N) is 4. The van der Waals surface area contributed by atoms with Gasteiger partial charge in [-0.25, -0.2) is 0 Å². The number of imide groups is 1. The molecule has 25 heavy (non-hydrogen) atoms. The van der Waals surface area contributed by atoms with E-state index >= 15 is 0 Å². The fourth-order valence-electron chi connectivity index (χ4n) is 3.08. The van der Waals surface area contributed by atoms with E-state index in [2.05, 4.69) is 26.9 Å². The molecule has 6 nitrogen and oxygen atoms in total. The van der Waals surface area contributed by atoms with Gasteiger partial charge in [-0.1, -0.05) is 42.1 Å². The summed E-state index contributed by atoms with van der Waals surface area (Å²) < 4.78 is 2.12. The number of amides is 2. The number of hydrogen-bond donors (Lipinski definition) is 0. The number of aromatic nitrogens is 3. The molecular formula is C18H20N4O2S. The van der Waals surface area contributed by atoms with Crippen molar-refractivity contribution in [3.8, 4) is 0 Å². The van der Waals surface area contributed by atoms with Crippen molar-refractivity contribution in [3.63, 3.8) is 0 Å². The largest absolute Gasteiger partial charge is 0.301 e. The average molecular weight is 356 g/mol. The molecule has 1 aliphatic heterocycles. The molecule has 2 aromatic rings. The minimum Gasteiger partial charge on any atom is -0.301 e. The normalized spacial score (nSPS) is 17.3. The third-order valence-corrected chi connectivity index (χ3v) is 5.52. The first-order valence-electron chi connectivity index (χ1n) is 8.65. The summed E-state index contributed by atoms with van der Waals surface area (Å²) in [6, 6.07) is 10.2. The standard InChI is InChI=1S/C18H20N4O2S/c23-15-7-4-10-21(15)16(24)12-25-18-20-19-17(14-8-9-14)22(18)11-13-5-2-1-3-6-13/h1-3,5-6,14H,4,7-12H2. The molecule has 0 unspecified atom stereocenters. The maximum absolute atomic E-state index is 12.3. The zero-order chi connectivity index (χ0) is 17.2. The summed E-state index contributed by atoms with van der Waals surface area (Å²) in [5.41, 5.74) is 1.19. The van der Waals surface area contributed by atoms with Crippen LogP contribution in [0.15, 0.2) is 35.5 Å². The molecular weight excluding hydrogens is 336 g/mol. The molecule has 4 rings (SSSR count). The van der Waals surface area contributed by atoms with Gasteiger partial charge in [-0.05, 0) is 24.8 Å². The number of carbonyl (C=O) groups is 2. The lowest BCUT2D eigenvalue weighted by molar-refractivity contribution is -0.140. The molecule has 2 fully saturated rings. The molecule has 0 spiro atoms. The van der Waals surface area contributed by atoms with E-state index in [0.717, 1.165) is 30.2 Å². The van der Waals surface area contributed by atoms with Crippen LogP contribution in [0.2, 0.25) is 0 Å². The zero-order valence-corrected chi connectivity index (χ0v) is 14.7. The number of thioether (sulfide) groups is 1. The second kappa shape index (κ2) is 7.00. The Kier molecular flexibility index (Phi) is 4.57. The first kappa shape index (κ1) is 16.3. The maximum atomic E-state index is 12.3. The van der Waals surface area contributed by atoms with E-state index in [-0.39, 0.29) is 17.6 Å². The van der Waals surface area contributed by atoms with Gasteiger partial charge in [-0.15, -0.1) is 10.2 Å². The Morgan fingerprint density at radius 3 is 2.68 bits per heavy atom. The van der Waals surface area contributed by atoms with Crippen molar-refractivity contribution in [3.05, 3.63) is 41.7 Å². The van der Waals surface area contributed by atoms with Gasteiger partial charge in [-0.3, -0.25) is 14.5 Å². The predicted octanol–water partition coefficient (Wildman–Crippen LogP) is 2.44. The number of hydrogen-bond acceptors (Lipinski definition) is 5. The molecule has 0 radical (unpaired) electrons. The summed E-state index contributed by atoms with van der Waals surface area (Å²) >= 11 is 1.38. The molecule has 1 saturated heterocycles. The Morgan fingerprint density at radius 2 is 2.00 bits per heavy atom. The minimum atomic E-state index is -0.130. The molecule has 1 saturated carbocycles. The van der Waals surface area contributed by atoms with Gasteiger partial charge in [0.05, 0.1) is 12.3 Å². The predicted molar refractivity (Wildman–Crippen MR) is 94.2 cm³/mol. The van der Waals surface area contributed by atoms with Crippen LogP contribution in [-0.4, -0.2) is 43.8 Å².